The van der Waals surface area contributed by atoms with Crippen LogP contribution < -0.4 is 9.64 Å². The lowest BCUT2D eigenvalue weighted by molar-refractivity contribution is -0.914. The smallest absolute Gasteiger partial charge is 0.414 e. The van der Waals surface area contributed by atoms with E-state index in [1.54, 1.807) is 0 Å². The van der Waals surface area contributed by atoms with Gasteiger partial charge < -0.3 is 14.4 Å². The lowest BCUT2D eigenvalue weighted by atomic mass is 10.00. The fourth-order valence-electron chi connectivity index (χ4n) is 3.89. The summed E-state index contributed by atoms with van der Waals surface area (Å²) in [7, 11) is 0. The average molecular weight is 355 g/mol. The maximum Gasteiger partial charge on any atom is 0.414 e. The molecule has 26 heavy (non-hydrogen) atoms. The summed E-state index contributed by atoms with van der Waals surface area (Å²) in [4.78, 5) is 15.5. The molecule has 0 unspecified atom stereocenters. The molecule has 0 aromatic heterocycles. The number of cyclic esters (lactones) is 1. The van der Waals surface area contributed by atoms with Crippen LogP contribution in [-0.4, -0.2) is 50.0 Å². The molecule has 2 aliphatic heterocycles. The van der Waals surface area contributed by atoms with Gasteiger partial charge in [-0.05, 0) is 30.2 Å². The van der Waals surface area contributed by atoms with Gasteiger partial charge in [-0.1, -0.05) is 43.3 Å². The van der Waals surface area contributed by atoms with Crippen molar-refractivity contribution in [2.45, 2.75) is 25.9 Å². The van der Waals surface area contributed by atoms with Gasteiger partial charge in [0, 0.05) is 5.39 Å². The second kappa shape index (κ2) is 7.54. The molecular weight excluding hydrogens is 328 g/mol. The van der Waals surface area contributed by atoms with Crippen molar-refractivity contribution < 1.29 is 19.2 Å². The zero-order valence-electron chi connectivity index (χ0n) is 15.3. The molecule has 1 amide bonds. The van der Waals surface area contributed by atoms with Gasteiger partial charge in [-0.2, -0.15) is 0 Å². The van der Waals surface area contributed by atoms with Crippen LogP contribution in [0.4, 0.5) is 4.79 Å². The number of rotatable bonds is 5. The van der Waals surface area contributed by atoms with E-state index in [-0.39, 0.29) is 12.2 Å². The average Bonchev–Trinajstić information content (AvgIpc) is 3.01. The van der Waals surface area contributed by atoms with Crippen LogP contribution in [0.25, 0.3) is 10.8 Å². The van der Waals surface area contributed by atoms with Gasteiger partial charge in [-0.15, -0.1) is 0 Å². The molecule has 2 aromatic carbocycles. The number of likely N-dealkylation sites (tertiary alicyclic amines) is 1. The Morgan fingerprint density at radius 1 is 1.15 bits per heavy atom. The zero-order valence-corrected chi connectivity index (χ0v) is 15.3. The summed E-state index contributed by atoms with van der Waals surface area (Å²) in [6.07, 6.45) is 2.07. The minimum atomic E-state index is -0.206. The number of hydrogen-bond donors (Lipinski definition) is 1. The molecule has 2 heterocycles. The number of nitrogens with one attached hydrogen (secondary N) is 1. The number of fused-ring (bicyclic) bond motifs is 1. The van der Waals surface area contributed by atoms with Crippen LogP contribution >= 0.6 is 0 Å². The number of carbonyl (C=O) groups excluding carboxylic acids is 1. The normalized spacial score (nSPS) is 26.1. The molecule has 138 valence electrons. The first-order valence-corrected chi connectivity index (χ1v) is 9.59. The van der Waals surface area contributed by atoms with E-state index in [1.807, 2.05) is 29.2 Å². The number of nitrogens with zero attached hydrogens (tertiary/aromatic N) is 1. The third-order valence-corrected chi connectivity index (χ3v) is 5.52. The summed E-state index contributed by atoms with van der Waals surface area (Å²) < 4.78 is 11.5. The van der Waals surface area contributed by atoms with Crippen molar-refractivity contribution in [3.8, 4) is 5.75 Å². The molecule has 1 atom stereocenters. The molecule has 1 N–H and O–H groups in total. The molecule has 0 saturated carbocycles. The van der Waals surface area contributed by atoms with E-state index in [0.717, 1.165) is 42.2 Å². The molecule has 0 aliphatic carbocycles. The van der Waals surface area contributed by atoms with Crippen molar-refractivity contribution in [2.24, 2.45) is 5.92 Å². The molecule has 5 heteroatoms. The third-order valence-electron chi connectivity index (χ3n) is 5.52. The first kappa shape index (κ1) is 17.2. The van der Waals surface area contributed by atoms with E-state index in [0.29, 0.717) is 13.2 Å². The number of hydrogen-bond acceptors (Lipinski definition) is 3. The molecule has 0 bridgehead atoms. The van der Waals surface area contributed by atoms with Crippen LogP contribution in [-0.2, 0) is 4.74 Å². The van der Waals surface area contributed by atoms with Gasteiger partial charge in [0.05, 0.1) is 19.6 Å². The summed E-state index contributed by atoms with van der Waals surface area (Å²) >= 11 is 0. The highest BCUT2D eigenvalue weighted by Gasteiger charge is 2.34. The predicted molar refractivity (Wildman–Crippen MR) is 100 cm³/mol. The summed E-state index contributed by atoms with van der Waals surface area (Å²) in [6, 6.07) is 14.2. The van der Waals surface area contributed by atoms with E-state index in [4.69, 9.17) is 9.47 Å². The van der Waals surface area contributed by atoms with E-state index >= 15 is 0 Å². The van der Waals surface area contributed by atoms with Crippen LogP contribution in [0.1, 0.15) is 19.8 Å². The predicted octanol–water partition coefficient (Wildman–Crippen LogP) is 2.31. The Balaban J connectivity index is 1.33. The molecule has 5 nitrogen and oxygen atoms in total. The van der Waals surface area contributed by atoms with Crippen molar-refractivity contribution in [2.75, 3.05) is 32.9 Å². The van der Waals surface area contributed by atoms with Crippen molar-refractivity contribution in [3.63, 3.8) is 0 Å². The quantitative estimate of drug-likeness (QED) is 0.895. The molecule has 2 aliphatic rings. The Labute approximate surface area is 154 Å². The maximum absolute atomic E-state index is 12.2. The summed E-state index contributed by atoms with van der Waals surface area (Å²) in [5, 5.41) is 2.24. The van der Waals surface area contributed by atoms with Gasteiger partial charge in [-0.25, -0.2) is 4.79 Å². The van der Waals surface area contributed by atoms with Gasteiger partial charge in [0.2, 0.25) is 0 Å². The number of carbonyl (C=O) groups is 1. The Morgan fingerprint density at radius 2 is 1.92 bits per heavy atom. The number of ether oxygens (including phenoxy) is 2. The minimum absolute atomic E-state index is 0.204. The molecule has 0 spiro atoms. The molecule has 2 aromatic rings. The molecule has 4 rings (SSSR count). The van der Waals surface area contributed by atoms with Gasteiger partial charge in [0.1, 0.15) is 12.4 Å². The van der Waals surface area contributed by atoms with Gasteiger partial charge in [0.15, 0.2) is 12.8 Å². The summed E-state index contributed by atoms with van der Waals surface area (Å²) in [5.41, 5.74) is 0. The standard InChI is InChI=1S/C21H26N2O3/c1-16-9-11-22(12-10-16)15-23-13-18(26-21(23)24)14-25-20-8-4-6-17-5-2-3-7-19(17)20/h2-8,16,18H,9-15H2,1H3/p+1/t18-/m1/s1. The fourth-order valence-corrected chi connectivity index (χ4v) is 3.89. The second-order valence-electron chi connectivity index (χ2n) is 7.61. The number of benzene rings is 2. The van der Waals surface area contributed by atoms with Gasteiger partial charge in [-0.3, -0.25) is 4.90 Å². The summed E-state index contributed by atoms with van der Waals surface area (Å²) in [5.74, 6) is 1.65. The highest BCUT2D eigenvalue weighted by Crippen LogP contribution is 2.25. The Kier molecular flexibility index (Phi) is 4.98. The minimum Gasteiger partial charge on any atom is -0.489 e. The zero-order chi connectivity index (χ0) is 17.9. The van der Waals surface area contributed by atoms with E-state index < -0.39 is 0 Å². The van der Waals surface area contributed by atoms with Crippen molar-refractivity contribution in [1.82, 2.24) is 4.90 Å². The molecule has 0 radical (unpaired) electrons. The number of amides is 1. The topological polar surface area (TPSA) is 43.2 Å². The fraction of sp³-hybridized carbons (Fsp3) is 0.476. The SMILES string of the molecule is CC1CC[NH+](CN2C[C@H](COc3cccc4ccccc34)OC2=O)CC1. The van der Waals surface area contributed by atoms with Crippen LogP contribution in [0.3, 0.4) is 0 Å². The van der Waals surface area contributed by atoms with E-state index in [1.165, 1.54) is 17.7 Å². The van der Waals surface area contributed by atoms with Crippen molar-refractivity contribution in [1.29, 1.82) is 0 Å². The first-order chi connectivity index (χ1) is 12.7. The third kappa shape index (κ3) is 3.78. The highest BCUT2D eigenvalue weighted by molar-refractivity contribution is 5.88. The van der Waals surface area contributed by atoms with Crippen LogP contribution in [0.5, 0.6) is 5.75 Å². The maximum atomic E-state index is 12.2. The van der Waals surface area contributed by atoms with Gasteiger partial charge in [0.25, 0.3) is 0 Å². The Bertz CT molecular complexity index is 765. The van der Waals surface area contributed by atoms with Gasteiger partial charge >= 0.3 is 6.09 Å². The molecular formula is C21H27N2O3+. The highest BCUT2D eigenvalue weighted by atomic mass is 16.6. The number of piperidine rings is 1. The first-order valence-electron chi connectivity index (χ1n) is 9.59. The van der Waals surface area contributed by atoms with Crippen LogP contribution in [0, 0.1) is 5.92 Å². The monoisotopic (exact) mass is 355 g/mol. The Morgan fingerprint density at radius 3 is 2.77 bits per heavy atom. The van der Waals surface area contributed by atoms with Crippen molar-refractivity contribution >= 4 is 16.9 Å². The van der Waals surface area contributed by atoms with Crippen LogP contribution in [0.2, 0.25) is 0 Å². The molecule has 2 fully saturated rings. The lowest BCUT2D eigenvalue weighted by Crippen LogP contribution is -3.14. The molecule has 2 saturated heterocycles. The Hall–Kier alpha value is -2.27. The lowest BCUT2D eigenvalue weighted by Gasteiger charge is -2.29. The van der Waals surface area contributed by atoms with Crippen LogP contribution in [0.15, 0.2) is 42.5 Å². The van der Waals surface area contributed by atoms with E-state index in [9.17, 15) is 4.79 Å². The largest absolute Gasteiger partial charge is 0.489 e. The summed E-state index contributed by atoms with van der Waals surface area (Å²) in [6.45, 7) is 6.34. The number of quaternary nitrogens is 1. The van der Waals surface area contributed by atoms with E-state index in [2.05, 4.69) is 25.1 Å². The second-order valence-corrected chi connectivity index (χ2v) is 7.61. The van der Waals surface area contributed by atoms with Crippen molar-refractivity contribution in [3.05, 3.63) is 42.5 Å².